The number of pyridine rings is 1. The first-order valence-electron chi connectivity index (χ1n) is 5.78. The van der Waals surface area contributed by atoms with E-state index in [1.54, 1.807) is 6.07 Å². The first kappa shape index (κ1) is 11.4. The number of piperidine rings is 1. The van der Waals surface area contributed by atoms with Crippen molar-refractivity contribution in [2.45, 2.75) is 25.3 Å². The van der Waals surface area contributed by atoms with Gasteiger partial charge in [0.1, 0.15) is 5.82 Å². The largest absolute Gasteiger partial charge is 0.352 e. The van der Waals surface area contributed by atoms with Crippen LogP contribution >= 0.6 is 23.2 Å². The third-order valence-corrected chi connectivity index (χ3v) is 4.30. The number of halogens is 2. The van der Waals surface area contributed by atoms with Crippen molar-refractivity contribution in [3.63, 3.8) is 0 Å². The van der Waals surface area contributed by atoms with Crippen molar-refractivity contribution in [3.8, 4) is 0 Å². The van der Waals surface area contributed by atoms with E-state index in [1.807, 2.05) is 0 Å². The molecule has 1 saturated carbocycles. The van der Waals surface area contributed by atoms with Crippen LogP contribution in [0.3, 0.4) is 0 Å². The lowest BCUT2D eigenvalue weighted by Crippen LogP contribution is -2.33. The van der Waals surface area contributed by atoms with Gasteiger partial charge >= 0.3 is 0 Å². The number of nitrogens with zero attached hydrogens (tertiary/aromatic N) is 2. The molecule has 1 aromatic rings. The maximum absolute atomic E-state index is 6.22. The van der Waals surface area contributed by atoms with E-state index in [-0.39, 0.29) is 0 Å². The molecule has 2 unspecified atom stereocenters. The standard InChI is InChI=1S/C11H14Cl2N4/c12-8-4-9(13)11(15-10(8)16-14)17-5-6-1-2-7(17)3-6/h4,6-7H,1-3,5,14H2,(H,15,16). The SMILES string of the molecule is NNc1nc(N2CC3CCC2C3)c(Cl)cc1Cl. The second kappa shape index (κ2) is 4.19. The van der Waals surface area contributed by atoms with E-state index < -0.39 is 0 Å². The van der Waals surface area contributed by atoms with E-state index in [0.29, 0.717) is 21.9 Å². The fraction of sp³-hybridized carbons (Fsp3) is 0.545. The Labute approximate surface area is 110 Å². The molecule has 3 rings (SSSR count). The zero-order chi connectivity index (χ0) is 12.0. The molecule has 1 aromatic heterocycles. The minimum absolute atomic E-state index is 0.450. The molecule has 2 fully saturated rings. The summed E-state index contributed by atoms with van der Waals surface area (Å²) in [4.78, 5) is 6.70. The van der Waals surface area contributed by atoms with Crippen LogP contribution in [0.5, 0.6) is 0 Å². The number of nitrogen functional groups attached to an aromatic ring is 1. The molecular weight excluding hydrogens is 259 g/mol. The van der Waals surface area contributed by atoms with E-state index in [4.69, 9.17) is 29.0 Å². The van der Waals surface area contributed by atoms with Crippen LogP contribution in [0.2, 0.25) is 10.0 Å². The maximum atomic E-state index is 6.22. The average molecular weight is 273 g/mol. The summed E-state index contributed by atoms with van der Waals surface area (Å²) in [7, 11) is 0. The fourth-order valence-corrected chi connectivity index (χ4v) is 3.47. The lowest BCUT2D eigenvalue weighted by atomic mass is 10.1. The number of hydrogen-bond acceptors (Lipinski definition) is 4. The molecule has 6 heteroatoms. The van der Waals surface area contributed by atoms with Crippen LogP contribution in [0.25, 0.3) is 0 Å². The number of aromatic nitrogens is 1. The van der Waals surface area contributed by atoms with Crippen LogP contribution < -0.4 is 16.2 Å². The number of anilines is 2. The third kappa shape index (κ3) is 1.84. The highest BCUT2D eigenvalue weighted by molar-refractivity contribution is 6.37. The summed E-state index contributed by atoms with van der Waals surface area (Å²) in [5.41, 5.74) is 2.50. The monoisotopic (exact) mass is 272 g/mol. The molecular formula is C11H14Cl2N4. The fourth-order valence-electron chi connectivity index (χ4n) is 2.94. The summed E-state index contributed by atoms with van der Waals surface area (Å²) in [6, 6.07) is 2.28. The molecule has 0 radical (unpaired) electrons. The summed E-state index contributed by atoms with van der Waals surface area (Å²) in [6.07, 6.45) is 3.82. The van der Waals surface area contributed by atoms with E-state index in [2.05, 4.69) is 15.3 Å². The molecule has 0 amide bonds. The van der Waals surface area contributed by atoms with Gasteiger partial charge in [-0.15, -0.1) is 0 Å². The Kier molecular flexibility index (Phi) is 2.81. The molecule has 92 valence electrons. The minimum Gasteiger partial charge on any atom is -0.352 e. The maximum Gasteiger partial charge on any atom is 0.161 e. The number of fused-ring (bicyclic) bond motifs is 2. The lowest BCUT2D eigenvalue weighted by Gasteiger charge is -2.29. The van der Waals surface area contributed by atoms with Gasteiger partial charge in [-0.05, 0) is 31.2 Å². The zero-order valence-corrected chi connectivity index (χ0v) is 10.8. The predicted molar refractivity (Wildman–Crippen MR) is 70.5 cm³/mol. The Hall–Kier alpha value is -0.710. The van der Waals surface area contributed by atoms with Crippen LogP contribution in [0.15, 0.2) is 6.07 Å². The highest BCUT2D eigenvalue weighted by Crippen LogP contribution is 2.42. The molecule has 2 atom stereocenters. The van der Waals surface area contributed by atoms with Crippen molar-refractivity contribution in [3.05, 3.63) is 16.1 Å². The van der Waals surface area contributed by atoms with Crippen LogP contribution in [-0.2, 0) is 0 Å². The molecule has 1 saturated heterocycles. The molecule has 2 aliphatic rings. The van der Waals surface area contributed by atoms with Gasteiger partial charge in [-0.2, -0.15) is 0 Å². The molecule has 2 bridgehead atoms. The molecule has 0 aromatic carbocycles. The topological polar surface area (TPSA) is 54.2 Å². The van der Waals surface area contributed by atoms with Crippen LogP contribution in [0, 0.1) is 5.92 Å². The second-order valence-electron chi connectivity index (χ2n) is 4.75. The van der Waals surface area contributed by atoms with Gasteiger partial charge in [0.2, 0.25) is 0 Å². The minimum atomic E-state index is 0.450. The number of rotatable bonds is 2. The predicted octanol–water partition coefficient (Wildman–Crippen LogP) is 2.66. The molecule has 2 heterocycles. The number of nitrogens with one attached hydrogen (secondary N) is 1. The number of hydrazine groups is 1. The second-order valence-corrected chi connectivity index (χ2v) is 5.57. The Morgan fingerprint density at radius 3 is 2.76 bits per heavy atom. The number of hydrogen-bond donors (Lipinski definition) is 2. The quantitative estimate of drug-likeness (QED) is 0.642. The van der Waals surface area contributed by atoms with Gasteiger partial charge in [0.05, 0.1) is 10.0 Å². The van der Waals surface area contributed by atoms with E-state index >= 15 is 0 Å². The molecule has 4 nitrogen and oxygen atoms in total. The lowest BCUT2D eigenvalue weighted by molar-refractivity contribution is 0.550. The average Bonchev–Trinajstić information content (AvgIpc) is 2.91. The molecule has 3 N–H and O–H groups in total. The summed E-state index contributed by atoms with van der Waals surface area (Å²) >= 11 is 12.2. The van der Waals surface area contributed by atoms with Gasteiger partial charge in [0.15, 0.2) is 5.82 Å². The van der Waals surface area contributed by atoms with Crippen molar-refractivity contribution in [2.75, 3.05) is 16.9 Å². The van der Waals surface area contributed by atoms with Crippen molar-refractivity contribution in [1.82, 2.24) is 4.98 Å². The van der Waals surface area contributed by atoms with Crippen LogP contribution in [-0.4, -0.2) is 17.6 Å². The molecule has 17 heavy (non-hydrogen) atoms. The van der Waals surface area contributed by atoms with Gasteiger partial charge < -0.3 is 10.3 Å². The Morgan fingerprint density at radius 1 is 1.35 bits per heavy atom. The summed E-state index contributed by atoms with van der Waals surface area (Å²) < 4.78 is 0. The third-order valence-electron chi connectivity index (χ3n) is 3.73. The summed E-state index contributed by atoms with van der Waals surface area (Å²) in [5.74, 6) is 7.46. The van der Waals surface area contributed by atoms with Crippen molar-refractivity contribution >= 4 is 34.8 Å². The normalized spacial score (nSPS) is 26.6. The summed E-state index contributed by atoms with van der Waals surface area (Å²) in [6.45, 7) is 1.04. The van der Waals surface area contributed by atoms with Gasteiger partial charge in [-0.1, -0.05) is 23.2 Å². The first-order valence-corrected chi connectivity index (χ1v) is 6.54. The molecule has 0 spiro atoms. The van der Waals surface area contributed by atoms with Crippen LogP contribution in [0.4, 0.5) is 11.6 Å². The smallest absolute Gasteiger partial charge is 0.161 e. The molecule has 1 aliphatic heterocycles. The molecule has 1 aliphatic carbocycles. The van der Waals surface area contributed by atoms with Gasteiger partial charge in [0, 0.05) is 12.6 Å². The van der Waals surface area contributed by atoms with Crippen LogP contribution in [0.1, 0.15) is 19.3 Å². The van der Waals surface area contributed by atoms with Gasteiger partial charge in [-0.3, -0.25) is 0 Å². The highest BCUT2D eigenvalue weighted by atomic mass is 35.5. The highest BCUT2D eigenvalue weighted by Gasteiger charge is 2.39. The Bertz CT molecular complexity index is 451. The van der Waals surface area contributed by atoms with Gasteiger partial charge in [0.25, 0.3) is 0 Å². The Morgan fingerprint density at radius 2 is 2.18 bits per heavy atom. The van der Waals surface area contributed by atoms with Gasteiger partial charge in [-0.25, -0.2) is 10.8 Å². The summed E-state index contributed by atoms with van der Waals surface area (Å²) in [5, 5.41) is 1.05. The van der Waals surface area contributed by atoms with Crippen molar-refractivity contribution < 1.29 is 0 Å². The first-order chi connectivity index (χ1) is 8.19. The van der Waals surface area contributed by atoms with E-state index in [0.717, 1.165) is 18.3 Å². The Balaban J connectivity index is 1.97. The van der Waals surface area contributed by atoms with Crippen molar-refractivity contribution in [1.29, 1.82) is 0 Å². The van der Waals surface area contributed by atoms with E-state index in [1.165, 1.54) is 19.3 Å². The zero-order valence-electron chi connectivity index (χ0n) is 9.29. The number of nitrogens with two attached hydrogens (primary N) is 1. The van der Waals surface area contributed by atoms with E-state index in [9.17, 15) is 0 Å². The van der Waals surface area contributed by atoms with Crippen molar-refractivity contribution in [2.24, 2.45) is 11.8 Å².